The molecule has 0 radical (unpaired) electrons. The summed E-state index contributed by atoms with van der Waals surface area (Å²) in [5, 5.41) is 0. The first kappa shape index (κ1) is 17.2. The highest BCUT2D eigenvalue weighted by Crippen LogP contribution is 2.37. The summed E-state index contributed by atoms with van der Waals surface area (Å²) >= 11 is 0. The lowest BCUT2D eigenvalue weighted by molar-refractivity contribution is 0.00578. The Kier molecular flexibility index (Phi) is 3.92. The molecule has 0 atom stereocenters. The Morgan fingerprint density at radius 2 is 1.75 bits per heavy atom. The molecule has 0 unspecified atom stereocenters. The average molecular weight is 334 g/mol. The van der Waals surface area contributed by atoms with Crippen LogP contribution in [-0.2, 0) is 9.31 Å². The van der Waals surface area contributed by atoms with Crippen LogP contribution in [0.25, 0.3) is 11.0 Å². The van der Waals surface area contributed by atoms with Gasteiger partial charge in [-0.15, -0.1) is 0 Å². The van der Waals surface area contributed by atoms with Crippen LogP contribution in [0, 0.1) is 5.82 Å². The maximum Gasteiger partial charge on any atom is 0.495 e. The smallest absolute Gasteiger partial charge is 0.468 e. The van der Waals surface area contributed by atoms with E-state index in [1.165, 1.54) is 13.2 Å². The third kappa shape index (κ3) is 2.50. The minimum atomic E-state index is -0.615. The number of ether oxygens (including phenoxy) is 1. The Balaban J connectivity index is 2.13. The number of hydrogen-bond donors (Lipinski definition) is 0. The van der Waals surface area contributed by atoms with E-state index in [9.17, 15) is 4.39 Å². The van der Waals surface area contributed by atoms with Crippen molar-refractivity contribution in [3.63, 3.8) is 0 Å². The van der Waals surface area contributed by atoms with Crippen LogP contribution in [0.1, 0.15) is 47.6 Å². The lowest BCUT2D eigenvalue weighted by Gasteiger charge is -2.32. The van der Waals surface area contributed by atoms with Gasteiger partial charge in [0.05, 0.1) is 23.8 Å². The number of rotatable bonds is 3. The molecule has 0 aliphatic carbocycles. The van der Waals surface area contributed by atoms with Crippen LogP contribution < -0.4 is 10.2 Å². The van der Waals surface area contributed by atoms with Crippen LogP contribution in [-0.4, -0.2) is 35.0 Å². The van der Waals surface area contributed by atoms with Crippen molar-refractivity contribution in [3.05, 3.63) is 17.9 Å². The standard InChI is InChI=1S/C17H24BFN2O3/c1-10(2)21-13-9-11(8-12(19)14(13)20-15(21)22-7)18-23-16(3,4)17(5,6)24-18/h8-10H,1-7H3. The zero-order valence-electron chi connectivity index (χ0n) is 15.3. The fraction of sp³-hybridized carbons (Fsp3) is 0.588. The van der Waals surface area contributed by atoms with Crippen molar-refractivity contribution in [2.24, 2.45) is 0 Å². The lowest BCUT2D eigenvalue weighted by Crippen LogP contribution is -2.41. The van der Waals surface area contributed by atoms with Crippen molar-refractivity contribution in [3.8, 4) is 6.01 Å². The van der Waals surface area contributed by atoms with Crippen molar-refractivity contribution in [1.29, 1.82) is 0 Å². The number of methoxy groups -OCH3 is 1. The van der Waals surface area contributed by atoms with Crippen molar-refractivity contribution < 1.29 is 18.4 Å². The molecule has 1 saturated heterocycles. The van der Waals surface area contributed by atoms with E-state index in [4.69, 9.17) is 14.0 Å². The zero-order chi connectivity index (χ0) is 17.9. The van der Waals surface area contributed by atoms with Gasteiger partial charge in [-0.1, -0.05) is 0 Å². The van der Waals surface area contributed by atoms with Crippen LogP contribution in [0.2, 0.25) is 0 Å². The zero-order valence-corrected chi connectivity index (χ0v) is 15.3. The van der Waals surface area contributed by atoms with Gasteiger partial charge in [-0.2, -0.15) is 4.98 Å². The van der Waals surface area contributed by atoms with Crippen LogP contribution in [0.5, 0.6) is 6.01 Å². The molecule has 0 bridgehead atoms. The molecule has 7 heteroatoms. The van der Waals surface area contributed by atoms with Gasteiger partial charge in [0.25, 0.3) is 6.01 Å². The highest BCUT2D eigenvalue weighted by Gasteiger charge is 2.52. The predicted molar refractivity (Wildman–Crippen MR) is 92.3 cm³/mol. The van der Waals surface area contributed by atoms with Gasteiger partial charge in [0.15, 0.2) is 5.82 Å². The lowest BCUT2D eigenvalue weighted by atomic mass is 9.79. The van der Waals surface area contributed by atoms with Gasteiger partial charge in [0, 0.05) is 6.04 Å². The number of benzene rings is 1. The normalized spacial score (nSPS) is 19.5. The van der Waals surface area contributed by atoms with Crippen molar-refractivity contribution in [1.82, 2.24) is 9.55 Å². The Bertz CT molecular complexity index is 770. The molecule has 0 amide bonds. The van der Waals surface area contributed by atoms with Crippen LogP contribution in [0.4, 0.5) is 4.39 Å². The third-order valence-corrected chi connectivity index (χ3v) is 4.96. The van der Waals surface area contributed by atoms with Crippen molar-refractivity contribution in [2.45, 2.75) is 58.8 Å². The number of aromatic nitrogens is 2. The van der Waals surface area contributed by atoms with Gasteiger partial charge in [0.2, 0.25) is 0 Å². The van der Waals surface area contributed by atoms with Crippen LogP contribution in [0.3, 0.4) is 0 Å². The molecule has 1 aliphatic heterocycles. The molecule has 2 aromatic rings. The number of fused-ring (bicyclic) bond motifs is 1. The molecular weight excluding hydrogens is 310 g/mol. The largest absolute Gasteiger partial charge is 0.495 e. The maximum atomic E-state index is 14.6. The van der Waals surface area contributed by atoms with E-state index in [1.807, 2.05) is 52.2 Å². The van der Waals surface area contributed by atoms with E-state index < -0.39 is 24.1 Å². The molecule has 0 N–H and O–H groups in total. The van der Waals surface area contributed by atoms with Gasteiger partial charge >= 0.3 is 7.12 Å². The SMILES string of the molecule is COc1nc2c(F)cc(B3OC(C)(C)C(C)(C)O3)cc2n1C(C)C. The first-order valence-corrected chi connectivity index (χ1v) is 8.18. The summed E-state index contributed by atoms with van der Waals surface area (Å²) < 4.78 is 33.9. The third-order valence-electron chi connectivity index (χ3n) is 4.96. The first-order valence-electron chi connectivity index (χ1n) is 8.18. The second-order valence-electron chi connectivity index (χ2n) is 7.52. The summed E-state index contributed by atoms with van der Waals surface area (Å²) in [6, 6.07) is 3.78. The monoisotopic (exact) mass is 334 g/mol. The Hall–Kier alpha value is -1.60. The van der Waals surface area contributed by atoms with E-state index in [-0.39, 0.29) is 6.04 Å². The number of imidazole rings is 1. The highest BCUT2D eigenvalue weighted by atomic mass is 19.1. The van der Waals surface area contributed by atoms with Gasteiger partial charge in [-0.25, -0.2) is 4.39 Å². The minimum absolute atomic E-state index is 0.0814. The summed E-state index contributed by atoms with van der Waals surface area (Å²) in [4.78, 5) is 4.26. The Morgan fingerprint density at radius 3 is 2.25 bits per heavy atom. The first-order chi connectivity index (χ1) is 11.1. The summed E-state index contributed by atoms with van der Waals surface area (Å²) in [6.07, 6.45) is 0. The summed E-state index contributed by atoms with van der Waals surface area (Å²) in [6.45, 7) is 11.9. The summed E-state index contributed by atoms with van der Waals surface area (Å²) in [5.41, 5.74) is 0.661. The Labute approximate surface area is 142 Å². The molecule has 24 heavy (non-hydrogen) atoms. The number of nitrogens with zero attached hydrogens (tertiary/aromatic N) is 2. The predicted octanol–water partition coefficient (Wildman–Crippen LogP) is 3.06. The van der Waals surface area contributed by atoms with Gasteiger partial charge < -0.3 is 14.0 Å². The molecule has 0 saturated carbocycles. The van der Waals surface area contributed by atoms with Crippen LogP contribution in [0.15, 0.2) is 12.1 Å². The molecule has 5 nitrogen and oxygen atoms in total. The molecular formula is C17H24BFN2O3. The fourth-order valence-electron chi connectivity index (χ4n) is 2.91. The molecule has 1 aliphatic rings. The van der Waals surface area contributed by atoms with E-state index in [0.29, 0.717) is 22.5 Å². The van der Waals surface area contributed by atoms with Crippen molar-refractivity contribution in [2.75, 3.05) is 7.11 Å². The fourth-order valence-corrected chi connectivity index (χ4v) is 2.91. The second kappa shape index (κ2) is 5.46. The van der Waals surface area contributed by atoms with Crippen molar-refractivity contribution >= 4 is 23.6 Å². The minimum Gasteiger partial charge on any atom is -0.468 e. The van der Waals surface area contributed by atoms with E-state index >= 15 is 0 Å². The molecule has 130 valence electrons. The molecule has 1 aromatic heterocycles. The van der Waals surface area contributed by atoms with E-state index in [1.54, 1.807) is 0 Å². The van der Waals surface area contributed by atoms with Crippen LogP contribution >= 0.6 is 0 Å². The molecule has 3 rings (SSSR count). The highest BCUT2D eigenvalue weighted by molar-refractivity contribution is 6.62. The second-order valence-corrected chi connectivity index (χ2v) is 7.52. The summed E-state index contributed by atoms with van der Waals surface area (Å²) in [7, 11) is 0.919. The average Bonchev–Trinajstić information content (AvgIpc) is 2.94. The Morgan fingerprint density at radius 1 is 1.17 bits per heavy atom. The van der Waals surface area contributed by atoms with Gasteiger partial charge in [0.1, 0.15) is 5.52 Å². The van der Waals surface area contributed by atoms with Gasteiger partial charge in [-0.05, 0) is 59.1 Å². The quantitative estimate of drug-likeness (QED) is 0.810. The number of halogens is 1. The molecule has 1 fully saturated rings. The van der Waals surface area contributed by atoms with E-state index in [0.717, 1.165) is 0 Å². The summed E-state index contributed by atoms with van der Waals surface area (Å²) in [5.74, 6) is -0.407. The molecule has 2 heterocycles. The maximum absolute atomic E-state index is 14.6. The number of hydrogen-bond acceptors (Lipinski definition) is 4. The topological polar surface area (TPSA) is 45.5 Å². The van der Waals surface area contributed by atoms with E-state index in [2.05, 4.69) is 4.98 Å². The molecule has 0 spiro atoms. The van der Waals surface area contributed by atoms with Gasteiger partial charge in [-0.3, -0.25) is 4.57 Å². The molecule has 1 aromatic carbocycles.